The van der Waals surface area contributed by atoms with E-state index in [2.05, 4.69) is 10.6 Å². The van der Waals surface area contributed by atoms with E-state index in [1.807, 2.05) is 0 Å². The molecule has 0 aromatic carbocycles. The topological polar surface area (TPSA) is 24.1 Å². The first kappa shape index (κ1) is 9.22. The van der Waals surface area contributed by atoms with E-state index in [1.165, 1.54) is 7.05 Å². The summed E-state index contributed by atoms with van der Waals surface area (Å²) < 4.78 is 36.1. The normalized spacial score (nSPS) is 19.2. The molecule has 1 saturated carbocycles. The summed E-state index contributed by atoms with van der Waals surface area (Å²) in [4.78, 5) is 0. The van der Waals surface area contributed by atoms with Gasteiger partial charge in [0.15, 0.2) is 0 Å². The minimum absolute atomic E-state index is 0.246. The molecule has 0 radical (unpaired) electrons. The van der Waals surface area contributed by atoms with Crippen LogP contribution in [0.4, 0.5) is 13.2 Å². The lowest BCUT2D eigenvalue weighted by Crippen LogP contribution is -2.26. The summed E-state index contributed by atoms with van der Waals surface area (Å²) in [7, 11) is 1.26. The molecule has 1 aliphatic carbocycles. The van der Waals surface area contributed by atoms with Crippen molar-refractivity contribution in [3.63, 3.8) is 0 Å². The molecule has 1 rings (SSSR count). The highest BCUT2D eigenvalue weighted by Gasteiger charge is 2.33. The number of nitrogens with one attached hydrogen (secondary N) is 2. The average molecular weight is 180 g/mol. The highest BCUT2D eigenvalue weighted by atomic mass is 19.4. The van der Waals surface area contributed by atoms with Crippen molar-refractivity contribution >= 4 is 0 Å². The van der Waals surface area contributed by atoms with Crippen LogP contribution >= 0.6 is 0 Å². The third-order valence-corrected chi connectivity index (χ3v) is 1.62. The van der Waals surface area contributed by atoms with Crippen molar-refractivity contribution in [1.82, 2.24) is 10.6 Å². The third kappa shape index (κ3) is 2.64. The molecule has 0 spiro atoms. The van der Waals surface area contributed by atoms with Gasteiger partial charge in [-0.1, -0.05) is 0 Å². The molecule has 0 heterocycles. The molecule has 0 unspecified atom stereocenters. The van der Waals surface area contributed by atoms with Crippen LogP contribution in [0.1, 0.15) is 12.8 Å². The van der Waals surface area contributed by atoms with Crippen molar-refractivity contribution in [2.75, 3.05) is 7.05 Å². The van der Waals surface area contributed by atoms with Crippen LogP contribution in [-0.4, -0.2) is 19.3 Å². The molecule has 0 aromatic rings. The maximum absolute atomic E-state index is 12.0. The molecule has 1 fully saturated rings. The minimum Gasteiger partial charge on any atom is -0.387 e. The fraction of sp³-hybridized carbons (Fsp3) is 0.714. The van der Waals surface area contributed by atoms with Gasteiger partial charge in [-0.05, 0) is 12.8 Å². The van der Waals surface area contributed by atoms with E-state index in [9.17, 15) is 13.2 Å². The van der Waals surface area contributed by atoms with Crippen LogP contribution in [0.25, 0.3) is 0 Å². The first-order chi connectivity index (χ1) is 5.54. The minimum atomic E-state index is -4.28. The van der Waals surface area contributed by atoms with Gasteiger partial charge in [0.2, 0.25) is 0 Å². The Balaban J connectivity index is 2.46. The molecule has 70 valence electrons. The number of allylic oxidation sites excluding steroid dienone is 1. The largest absolute Gasteiger partial charge is 0.432 e. The Morgan fingerprint density at radius 1 is 1.42 bits per heavy atom. The van der Waals surface area contributed by atoms with Gasteiger partial charge in [0.05, 0.1) is 0 Å². The first-order valence-electron chi connectivity index (χ1n) is 3.75. The predicted octanol–water partition coefficient (Wildman–Crippen LogP) is 1.36. The Morgan fingerprint density at radius 3 is 2.33 bits per heavy atom. The van der Waals surface area contributed by atoms with Crippen LogP contribution in [0, 0.1) is 0 Å². The summed E-state index contributed by atoms with van der Waals surface area (Å²) in [6.07, 6.45) is -1.36. The average Bonchev–Trinajstić information content (AvgIpc) is 2.69. The van der Waals surface area contributed by atoms with Gasteiger partial charge in [0.25, 0.3) is 0 Å². The zero-order valence-corrected chi connectivity index (χ0v) is 6.70. The van der Waals surface area contributed by atoms with Crippen LogP contribution in [-0.2, 0) is 0 Å². The number of hydrogen-bond donors (Lipinski definition) is 2. The molecule has 0 aliphatic heterocycles. The Labute approximate surface area is 68.8 Å². The summed E-state index contributed by atoms with van der Waals surface area (Å²) in [6, 6.07) is 0.246. The van der Waals surface area contributed by atoms with Crippen molar-refractivity contribution in [2.24, 2.45) is 0 Å². The summed E-state index contributed by atoms with van der Waals surface area (Å²) in [6.45, 7) is 0. The second-order valence-corrected chi connectivity index (χ2v) is 2.75. The van der Waals surface area contributed by atoms with Crippen molar-refractivity contribution in [2.45, 2.75) is 25.1 Å². The van der Waals surface area contributed by atoms with E-state index in [0.717, 1.165) is 19.0 Å². The molecule has 1 aliphatic rings. The van der Waals surface area contributed by atoms with Crippen molar-refractivity contribution in [3.05, 3.63) is 11.9 Å². The number of halogens is 3. The van der Waals surface area contributed by atoms with E-state index in [1.54, 1.807) is 0 Å². The number of alkyl halides is 3. The molecule has 0 bridgehead atoms. The summed E-state index contributed by atoms with van der Waals surface area (Å²) in [5.41, 5.74) is -0.727. The summed E-state index contributed by atoms with van der Waals surface area (Å²) in [5, 5.41) is 4.77. The van der Waals surface area contributed by atoms with Gasteiger partial charge >= 0.3 is 6.18 Å². The van der Waals surface area contributed by atoms with Crippen LogP contribution in [0.3, 0.4) is 0 Å². The van der Waals surface area contributed by atoms with Crippen molar-refractivity contribution in [3.8, 4) is 0 Å². The Morgan fingerprint density at radius 2 is 2.00 bits per heavy atom. The van der Waals surface area contributed by atoms with Gasteiger partial charge < -0.3 is 10.6 Å². The lowest BCUT2D eigenvalue weighted by Gasteiger charge is -2.10. The smallest absolute Gasteiger partial charge is 0.387 e. The van der Waals surface area contributed by atoms with E-state index in [4.69, 9.17) is 0 Å². The van der Waals surface area contributed by atoms with Gasteiger partial charge in [-0.2, -0.15) is 13.2 Å². The van der Waals surface area contributed by atoms with Crippen LogP contribution in [0.15, 0.2) is 11.9 Å². The zero-order chi connectivity index (χ0) is 9.19. The zero-order valence-electron chi connectivity index (χ0n) is 6.70. The summed E-state index contributed by atoms with van der Waals surface area (Å²) in [5.74, 6) is 0. The lowest BCUT2D eigenvalue weighted by atomic mass is 10.4. The van der Waals surface area contributed by atoms with E-state index in [0.29, 0.717) is 0 Å². The number of rotatable bonds is 3. The Bertz CT molecular complexity index is 182. The molecule has 2 N–H and O–H groups in total. The number of hydrogen-bond acceptors (Lipinski definition) is 2. The monoisotopic (exact) mass is 180 g/mol. The van der Waals surface area contributed by atoms with Gasteiger partial charge in [-0.15, -0.1) is 0 Å². The second kappa shape index (κ2) is 3.25. The SMILES string of the molecule is CN/C(=C\NC1CC1)C(F)(F)F. The maximum atomic E-state index is 12.0. The van der Waals surface area contributed by atoms with Gasteiger partial charge in [0.1, 0.15) is 5.70 Å². The van der Waals surface area contributed by atoms with Crippen LogP contribution < -0.4 is 10.6 Å². The van der Waals surface area contributed by atoms with Crippen LogP contribution in [0.2, 0.25) is 0 Å². The van der Waals surface area contributed by atoms with Gasteiger partial charge in [-0.25, -0.2) is 0 Å². The third-order valence-electron chi connectivity index (χ3n) is 1.62. The quantitative estimate of drug-likeness (QED) is 0.685. The molecule has 0 aromatic heterocycles. The highest BCUT2D eigenvalue weighted by Crippen LogP contribution is 2.24. The van der Waals surface area contributed by atoms with E-state index >= 15 is 0 Å². The fourth-order valence-electron chi connectivity index (χ4n) is 0.747. The Kier molecular flexibility index (Phi) is 2.49. The molecule has 0 amide bonds. The van der Waals surface area contributed by atoms with Gasteiger partial charge in [0, 0.05) is 19.3 Å². The van der Waals surface area contributed by atoms with Crippen LogP contribution in [0.5, 0.6) is 0 Å². The maximum Gasteiger partial charge on any atom is 0.432 e. The van der Waals surface area contributed by atoms with E-state index < -0.39 is 11.9 Å². The lowest BCUT2D eigenvalue weighted by molar-refractivity contribution is -0.0964. The highest BCUT2D eigenvalue weighted by molar-refractivity contribution is 5.06. The standard InChI is InChI=1S/C7H11F3N2/c1-11-6(7(8,9)10)4-12-5-2-3-5/h4-5,11-12H,2-3H2,1H3/b6-4-. The first-order valence-corrected chi connectivity index (χ1v) is 3.75. The molecular formula is C7H11F3N2. The molecule has 2 nitrogen and oxygen atoms in total. The molecule has 5 heteroatoms. The van der Waals surface area contributed by atoms with Crippen molar-refractivity contribution in [1.29, 1.82) is 0 Å². The molecular weight excluding hydrogens is 169 g/mol. The molecule has 12 heavy (non-hydrogen) atoms. The second-order valence-electron chi connectivity index (χ2n) is 2.75. The van der Waals surface area contributed by atoms with Gasteiger partial charge in [-0.3, -0.25) is 0 Å². The fourth-order valence-corrected chi connectivity index (χ4v) is 0.747. The predicted molar refractivity (Wildman–Crippen MR) is 39.4 cm³/mol. The molecule has 0 saturated heterocycles. The summed E-state index contributed by atoms with van der Waals surface area (Å²) >= 11 is 0. The molecule has 0 atom stereocenters. The Hall–Kier alpha value is -0.870. The van der Waals surface area contributed by atoms with Crippen molar-refractivity contribution < 1.29 is 13.2 Å². The van der Waals surface area contributed by atoms with E-state index in [-0.39, 0.29) is 6.04 Å².